The molecule has 0 aliphatic heterocycles. The van der Waals surface area contributed by atoms with Crippen LogP contribution in [0, 0.1) is 0 Å². The molecule has 0 unspecified atom stereocenters. The molecule has 7 aromatic rings. The Bertz CT molecular complexity index is 1750. The van der Waals surface area contributed by atoms with E-state index in [-0.39, 0.29) is 0 Å². The van der Waals surface area contributed by atoms with Crippen LogP contribution in [0.3, 0.4) is 0 Å². The van der Waals surface area contributed by atoms with Crippen molar-refractivity contribution in [1.29, 1.82) is 0 Å². The molecule has 0 N–H and O–H groups in total. The van der Waals surface area contributed by atoms with E-state index in [1.54, 1.807) is 0 Å². The Morgan fingerprint density at radius 3 is 2.37 bits per heavy atom. The van der Waals surface area contributed by atoms with Crippen LogP contribution < -0.4 is 0 Å². The maximum Gasteiger partial charge on any atom is 0.146 e. The van der Waals surface area contributed by atoms with Gasteiger partial charge in [-0.25, -0.2) is 4.98 Å². The fourth-order valence-electron chi connectivity index (χ4n) is 4.59. The standard InChI is InChI=1S/C27H16N2S/c1-2-8-19-17(7-1)16-24(29-23-11-5-4-10-22(23)28-27(19)29)18-13-14-26-21(15-18)20-9-3-6-12-25(20)30-26/h1-16H. The first-order valence-electron chi connectivity index (χ1n) is 10.1. The number of nitrogens with zero attached hydrogens (tertiary/aromatic N) is 2. The van der Waals surface area contributed by atoms with Crippen LogP contribution >= 0.6 is 11.3 Å². The highest BCUT2D eigenvalue weighted by molar-refractivity contribution is 7.25. The average molecular weight is 401 g/mol. The van der Waals surface area contributed by atoms with E-state index in [0.717, 1.165) is 16.7 Å². The second-order valence-corrected chi connectivity index (χ2v) is 8.77. The number of para-hydroxylation sites is 2. The third kappa shape index (κ3) is 2.15. The smallest absolute Gasteiger partial charge is 0.146 e. The molecule has 0 aliphatic carbocycles. The quantitative estimate of drug-likeness (QED) is 0.276. The molecule has 4 aromatic carbocycles. The van der Waals surface area contributed by atoms with E-state index in [1.165, 1.54) is 42.2 Å². The van der Waals surface area contributed by atoms with Crippen molar-refractivity contribution < 1.29 is 0 Å². The summed E-state index contributed by atoms with van der Waals surface area (Å²) in [6, 6.07) is 34.7. The molecule has 3 heterocycles. The van der Waals surface area contributed by atoms with Crippen LogP contribution in [-0.2, 0) is 0 Å². The molecule has 3 aromatic heterocycles. The minimum atomic E-state index is 1.01. The van der Waals surface area contributed by atoms with Gasteiger partial charge >= 0.3 is 0 Å². The molecule has 140 valence electrons. The monoisotopic (exact) mass is 400 g/mol. The Hall–Kier alpha value is -3.69. The minimum absolute atomic E-state index is 1.01. The molecule has 0 aliphatic rings. The molecule has 7 rings (SSSR count). The van der Waals surface area contributed by atoms with Gasteiger partial charge in [0.05, 0.1) is 16.7 Å². The first kappa shape index (κ1) is 16.1. The number of fused-ring (bicyclic) bond motifs is 8. The molecule has 0 spiro atoms. The largest absolute Gasteiger partial charge is 0.292 e. The summed E-state index contributed by atoms with van der Waals surface area (Å²) in [4.78, 5) is 5.00. The fraction of sp³-hybridized carbons (Fsp3) is 0. The normalized spacial score (nSPS) is 12.0. The Kier molecular flexibility index (Phi) is 3.18. The van der Waals surface area contributed by atoms with Gasteiger partial charge < -0.3 is 0 Å². The van der Waals surface area contributed by atoms with Gasteiger partial charge in [-0.1, -0.05) is 60.7 Å². The summed E-state index contributed by atoms with van der Waals surface area (Å²) in [5.74, 6) is 0. The highest BCUT2D eigenvalue weighted by atomic mass is 32.1. The van der Waals surface area contributed by atoms with Crippen molar-refractivity contribution in [2.75, 3.05) is 0 Å². The Labute approximate surface area is 176 Å². The summed E-state index contributed by atoms with van der Waals surface area (Å²) in [6.45, 7) is 0. The summed E-state index contributed by atoms with van der Waals surface area (Å²) in [6.07, 6.45) is 0. The molecular formula is C27H16N2S. The number of pyridine rings is 1. The average Bonchev–Trinajstić information content (AvgIpc) is 3.37. The topological polar surface area (TPSA) is 17.3 Å². The summed E-state index contributed by atoms with van der Waals surface area (Å²) >= 11 is 1.86. The van der Waals surface area contributed by atoms with E-state index in [4.69, 9.17) is 4.98 Å². The number of aromatic nitrogens is 2. The van der Waals surface area contributed by atoms with E-state index >= 15 is 0 Å². The van der Waals surface area contributed by atoms with Crippen LogP contribution in [0.1, 0.15) is 0 Å². The van der Waals surface area contributed by atoms with Crippen LogP contribution in [0.2, 0.25) is 0 Å². The van der Waals surface area contributed by atoms with E-state index in [0.29, 0.717) is 0 Å². The maximum atomic E-state index is 5.00. The molecular weight excluding hydrogens is 384 g/mol. The number of hydrogen-bond donors (Lipinski definition) is 0. The number of imidazole rings is 1. The number of rotatable bonds is 1. The zero-order valence-corrected chi connectivity index (χ0v) is 16.9. The van der Waals surface area contributed by atoms with Crippen molar-refractivity contribution in [3.05, 3.63) is 97.1 Å². The van der Waals surface area contributed by atoms with Gasteiger partial charge in [-0.15, -0.1) is 11.3 Å². The van der Waals surface area contributed by atoms with Gasteiger partial charge in [0, 0.05) is 25.6 Å². The lowest BCUT2D eigenvalue weighted by molar-refractivity contribution is 1.25. The fourth-order valence-corrected chi connectivity index (χ4v) is 5.67. The van der Waals surface area contributed by atoms with E-state index in [9.17, 15) is 0 Å². The van der Waals surface area contributed by atoms with Gasteiger partial charge in [-0.05, 0) is 47.3 Å². The molecule has 0 saturated heterocycles. The van der Waals surface area contributed by atoms with E-state index in [1.807, 2.05) is 11.3 Å². The van der Waals surface area contributed by atoms with Crippen LogP contribution in [0.25, 0.3) is 58.9 Å². The van der Waals surface area contributed by atoms with Crippen molar-refractivity contribution in [2.24, 2.45) is 0 Å². The zero-order valence-electron chi connectivity index (χ0n) is 16.0. The second kappa shape index (κ2) is 5.91. The first-order valence-corrected chi connectivity index (χ1v) is 10.9. The van der Waals surface area contributed by atoms with Crippen molar-refractivity contribution in [2.45, 2.75) is 0 Å². The lowest BCUT2D eigenvalue weighted by Crippen LogP contribution is -1.93. The molecule has 0 atom stereocenters. The predicted molar refractivity (Wildman–Crippen MR) is 129 cm³/mol. The first-order chi connectivity index (χ1) is 14.9. The van der Waals surface area contributed by atoms with Gasteiger partial charge in [0.1, 0.15) is 5.65 Å². The Balaban J connectivity index is 1.65. The second-order valence-electron chi connectivity index (χ2n) is 7.69. The van der Waals surface area contributed by atoms with E-state index < -0.39 is 0 Å². The predicted octanol–water partition coefficient (Wildman–Crippen LogP) is 7.68. The Morgan fingerprint density at radius 1 is 0.633 bits per heavy atom. The van der Waals surface area contributed by atoms with Gasteiger partial charge in [-0.3, -0.25) is 4.40 Å². The number of hydrogen-bond acceptors (Lipinski definition) is 2. The van der Waals surface area contributed by atoms with Gasteiger partial charge in [0.25, 0.3) is 0 Å². The van der Waals surface area contributed by atoms with Crippen LogP contribution in [-0.4, -0.2) is 9.38 Å². The molecule has 0 amide bonds. The van der Waals surface area contributed by atoms with Gasteiger partial charge in [-0.2, -0.15) is 0 Å². The molecule has 0 saturated carbocycles. The highest BCUT2D eigenvalue weighted by Crippen LogP contribution is 2.38. The molecule has 0 bridgehead atoms. The van der Waals surface area contributed by atoms with Crippen LogP contribution in [0.15, 0.2) is 97.1 Å². The van der Waals surface area contributed by atoms with Crippen LogP contribution in [0.5, 0.6) is 0 Å². The van der Waals surface area contributed by atoms with Crippen molar-refractivity contribution in [3.63, 3.8) is 0 Å². The zero-order chi connectivity index (χ0) is 19.7. The summed E-state index contributed by atoms with van der Waals surface area (Å²) in [5, 5.41) is 5.04. The van der Waals surface area contributed by atoms with Crippen molar-refractivity contribution in [3.8, 4) is 11.3 Å². The van der Waals surface area contributed by atoms with Crippen molar-refractivity contribution in [1.82, 2.24) is 9.38 Å². The van der Waals surface area contributed by atoms with Gasteiger partial charge in [0.2, 0.25) is 0 Å². The van der Waals surface area contributed by atoms with E-state index in [2.05, 4.69) is 101 Å². The molecule has 0 radical (unpaired) electrons. The molecule has 3 heteroatoms. The molecule has 0 fully saturated rings. The van der Waals surface area contributed by atoms with Crippen LogP contribution in [0.4, 0.5) is 0 Å². The number of thiophene rings is 1. The SMILES string of the molecule is c1ccc2c(c1)cc(-c1ccc3sc4ccccc4c3c1)n1c3ccccc3nc21. The lowest BCUT2D eigenvalue weighted by atomic mass is 10.0. The Morgan fingerprint density at radius 2 is 1.40 bits per heavy atom. The molecule has 30 heavy (non-hydrogen) atoms. The van der Waals surface area contributed by atoms with Crippen molar-refractivity contribution >= 4 is 59.0 Å². The molecule has 2 nitrogen and oxygen atoms in total. The highest BCUT2D eigenvalue weighted by Gasteiger charge is 2.14. The summed E-state index contributed by atoms with van der Waals surface area (Å²) in [7, 11) is 0. The third-order valence-electron chi connectivity index (χ3n) is 5.97. The maximum absolute atomic E-state index is 5.00. The third-order valence-corrected chi connectivity index (χ3v) is 7.12. The lowest BCUT2D eigenvalue weighted by Gasteiger charge is -2.10. The minimum Gasteiger partial charge on any atom is -0.292 e. The number of benzene rings is 4. The van der Waals surface area contributed by atoms with Gasteiger partial charge in [0.15, 0.2) is 0 Å². The summed E-state index contributed by atoms with van der Waals surface area (Å²) < 4.78 is 4.97. The summed E-state index contributed by atoms with van der Waals surface area (Å²) in [5.41, 5.74) is 5.57.